The van der Waals surface area contributed by atoms with E-state index in [0.717, 1.165) is 16.7 Å². The highest BCUT2D eigenvalue weighted by atomic mass is 16.6. The third-order valence-corrected chi connectivity index (χ3v) is 14.4. The third-order valence-electron chi connectivity index (χ3n) is 14.4. The number of aromatic amines is 2. The molecule has 7 heterocycles. The Balaban J connectivity index is 1.15. The number of aliphatic hydroxyl groups excluding tert-OH is 1. The number of aryl methyl sites for hydroxylation is 2. The van der Waals surface area contributed by atoms with Crippen LogP contribution in [-0.2, 0) is 42.9 Å². The number of alkyl carbamates (subject to hydrolysis) is 1. The van der Waals surface area contributed by atoms with Gasteiger partial charge in [-0.05, 0) is 115 Å². The lowest BCUT2D eigenvalue weighted by atomic mass is 9.84. The summed E-state index contributed by atoms with van der Waals surface area (Å²) in [4.78, 5) is 114. The molecule has 0 spiro atoms. The summed E-state index contributed by atoms with van der Waals surface area (Å²) in [6.45, 7) is 20.6. The molecule has 22 heteroatoms. The Bertz CT molecular complexity index is 3070. The number of aliphatic hydroxyl groups is 1. The highest BCUT2D eigenvalue weighted by Gasteiger charge is 2.41. The molecule has 7 rings (SSSR count). The number of imide groups is 1. The first-order valence-electron chi connectivity index (χ1n) is 27.0. The molecule has 1 fully saturated rings. The van der Waals surface area contributed by atoms with Crippen LogP contribution in [-0.4, -0.2) is 173 Å². The lowest BCUT2D eigenvalue weighted by Gasteiger charge is -2.31. The molecule has 1 saturated heterocycles. The zero-order valence-corrected chi connectivity index (χ0v) is 46.9. The Hall–Kier alpha value is -7.27. The summed E-state index contributed by atoms with van der Waals surface area (Å²) in [5.41, 5.74) is 8.69. The molecule has 79 heavy (non-hydrogen) atoms. The molecular weight excluding hydrogens is 1020 g/mol. The second-order valence-electron chi connectivity index (χ2n) is 21.1. The first kappa shape index (κ1) is 59.4. The first-order valence-corrected chi connectivity index (χ1v) is 27.0. The average Bonchev–Trinajstić information content (AvgIpc) is 4.11. The van der Waals surface area contributed by atoms with Crippen LogP contribution < -0.4 is 16.0 Å². The molecule has 0 aliphatic carbocycles. The van der Waals surface area contributed by atoms with Crippen molar-refractivity contribution >= 4 is 80.9 Å². The molecule has 4 aliphatic rings. The molecule has 0 aromatic carbocycles. The van der Waals surface area contributed by atoms with Crippen LogP contribution in [0.2, 0.25) is 0 Å². The molecule has 3 aromatic heterocycles. The lowest BCUT2D eigenvalue weighted by molar-refractivity contribution is -0.145. The second-order valence-corrected chi connectivity index (χ2v) is 21.1. The summed E-state index contributed by atoms with van der Waals surface area (Å²) in [5, 5.41) is 16.9. The predicted molar refractivity (Wildman–Crippen MR) is 295 cm³/mol. The number of H-pyrrole nitrogens is 2. The van der Waals surface area contributed by atoms with Crippen molar-refractivity contribution < 1.29 is 62.4 Å². The molecule has 6 N–H and O–H groups in total. The van der Waals surface area contributed by atoms with Crippen molar-refractivity contribution in [2.45, 2.75) is 118 Å². The van der Waals surface area contributed by atoms with Crippen LogP contribution in [0.5, 0.6) is 0 Å². The summed E-state index contributed by atoms with van der Waals surface area (Å²) >= 11 is 0. The number of nitrogens with one attached hydrogen (secondary N) is 5. The summed E-state index contributed by atoms with van der Waals surface area (Å²) in [7, 11) is 0. The number of rotatable bonds is 21. The minimum atomic E-state index is -0.953. The fourth-order valence-electron chi connectivity index (χ4n) is 9.99. The number of allylic oxidation sites excluding steroid dienone is 2. The zero-order chi connectivity index (χ0) is 57.3. The number of carbonyl (C=O) groups excluding carboxylic acids is 7. The van der Waals surface area contributed by atoms with Gasteiger partial charge < -0.3 is 54.7 Å². The molecule has 3 aromatic rings. The summed E-state index contributed by atoms with van der Waals surface area (Å²) in [6.07, 6.45) is 3.05. The van der Waals surface area contributed by atoms with Gasteiger partial charge in [0.15, 0.2) is 0 Å². The minimum Gasteiger partial charge on any atom is -0.463 e. The predicted octanol–water partition coefficient (Wildman–Crippen LogP) is 5.51. The molecule has 22 nitrogen and oxygen atoms in total. The van der Waals surface area contributed by atoms with Crippen LogP contribution >= 0.6 is 0 Å². The molecule has 0 radical (unpaired) electrons. The Morgan fingerprint density at radius 3 is 2.25 bits per heavy atom. The van der Waals surface area contributed by atoms with Gasteiger partial charge in [0.25, 0.3) is 11.8 Å². The van der Waals surface area contributed by atoms with Crippen LogP contribution in [0.1, 0.15) is 147 Å². The van der Waals surface area contributed by atoms with Crippen molar-refractivity contribution in [2.24, 2.45) is 0 Å². The van der Waals surface area contributed by atoms with Crippen molar-refractivity contribution in [1.29, 1.82) is 0 Å². The van der Waals surface area contributed by atoms with E-state index in [9.17, 15) is 33.9 Å². The summed E-state index contributed by atoms with van der Waals surface area (Å²) in [6, 6.07) is 3.90. The van der Waals surface area contributed by atoms with Crippen molar-refractivity contribution in [3.05, 3.63) is 74.9 Å². The SMILES string of the molecule is CCC1=C(C)c2cc3[nH]c(cc4nc(c5c6[nH]c(cc1n2)c(C)c6C(=O)N(CCN1CCOCC1)C5=O)[C@@H](CCC(=O)OCCOCCNC(=O)[C@H](C)NC(=O)[C@H](C)NC(=O)OC(C)(C)C)[C@@H]4C)c(C)c3/C=C/C(=O)OCCO. The maximum absolute atomic E-state index is 15.2. The number of morpholine rings is 1. The van der Waals surface area contributed by atoms with Gasteiger partial charge in [0.2, 0.25) is 11.8 Å². The Morgan fingerprint density at radius 2 is 1.54 bits per heavy atom. The van der Waals surface area contributed by atoms with Gasteiger partial charge in [-0.15, -0.1) is 0 Å². The Kier molecular flexibility index (Phi) is 19.6. The van der Waals surface area contributed by atoms with E-state index in [0.29, 0.717) is 101 Å². The fourth-order valence-corrected chi connectivity index (χ4v) is 9.99. The van der Waals surface area contributed by atoms with Crippen molar-refractivity contribution in [3.63, 3.8) is 0 Å². The highest BCUT2D eigenvalue weighted by Crippen LogP contribution is 2.44. The van der Waals surface area contributed by atoms with Gasteiger partial charge in [-0.3, -0.25) is 38.8 Å². The number of hydrogen-bond acceptors (Lipinski definition) is 16. The standard InChI is InChI=1S/C57H75N9O13/c1-11-37-31(2)41-29-45-38(12-14-46(68)77-25-21-67)32(3)40(62-45)28-42-33(4)39(13-15-47(69)78-27-26-75-22-16-58-52(70)35(6)59-53(71)36(7)60-56(74)79-57(8,9)10)50(63-42)49-51-48(34(5)43(64-51)30-44(37)61-41)54(72)66(55(49)73)18-17-65-19-23-76-24-20-65/h12,14,28-30,33,35-36,39,62,64,67H,11,13,15-27H2,1-10H3,(H,58,70)(H,59,71)(H,60,74)/b14-12+,40-28?,41-29?,42-28?,43-30?,44-30?,45-29?,50-49?/t33-,35-,36-,39-/m0/s1. The van der Waals surface area contributed by atoms with Crippen LogP contribution in [0.4, 0.5) is 4.79 Å². The van der Waals surface area contributed by atoms with E-state index < -0.39 is 65.3 Å². The van der Waals surface area contributed by atoms with Gasteiger partial charge in [-0.25, -0.2) is 14.6 Å². The van der Waals surface area contributed by atoms with Crippen LogP contribution in [0.15, 0.2) is 24.3 Å². The van der Waals surface area contributed by atoms with Crippen molar-refractivity contribution in [2.75, 3.05) is 79.0 Å². The monoisotopic (exact) mass is 1090 g/mol. The maximum Gasteiger partial charge on any atom is 0.408 e. The number of fused-ring (bicyclic) bond motifs is 8. The van der Waals surface area contributed by atoms with E-state index in [-0.39, 0.29) is 70.4 Å². The number of nitrogens with zero attached hydrogens (tertiary/aromatic N) is 4. The lowest BCUT2D eigenvalue weighted by Crippen LogP contribution is -2.52. The average molecular weight is 1090 g/mol. The van der Waals surface area contributed by atoms with Crippen LogP contribution in [0.25, 0.3) is 39.3 Å². The molecule has 4 aliphatic heterocycles. The second kappa shape index (κ2) is 26.1. The van der Waals surface area contributed by atoms with E-state index in [2.05, 4.69) is 30.8 Å². The highest BCUT2D eigenvalue weighted by molar-refractivity contribution is 6.23. The molecule has 8 bridgehead atoms. The van der Waals surface area contributed by atoms with Crippen LogP contribution in [0, 0.1) is 13.8 Å². The van der Waals surface area contributed by atoms with Crippen molar-refractivity contribution in [1.82, 2.24) is 45.7 Å². The largest absolute Gasteiger partial charge is 0.463 e. The number of hydrogen-bond donors (Lipinski definition) is 6. The minimum absolute atomic E-state index is 0.0347. The van der Waals surface area contributed by atoms with Gasteiger partial charge in [0, 0.05) is 84.9 Å². The quantitative estimate of drug-likeness (QED) is 0.0252. The van der Waals surface area contributed by atoms with E-state index in [1.54, 1.807) is 26.8 Å². The first-order chi connectivity index (χ1) is 37.6. The zero-order valence-electron chi connectivity index (χ0n) is 46.9. The summed E-state index contributed by atoms with van der Waals surface area (Å²) < 4.78 is 27.1. The molecule has 0 saturated carbocycles. The maximum atomic E-state index is 15.2. The number of carbonyl (C=O) groups is 7. The Labute approximate surface area is 459 Å². The molecular formula is C57H75N9O13. The van der Waals surface area contributed by atoms with Gasteiger partial charge in [-0.2, -0.15) is 0 Å². The van der Waals surface area contributed by atoms with E-state index in [1.807, 2.05) is 52.8 Å². The van der Waals surface area contributed by atoms with Gasteiger partial charge >= 0.3 is 18.0 Å². The van der Waals surface area contributed by atoms with Gasteiger partial charge in [0.05, 0.1) is 66.8 Å². The van der Waals surface area contributed by atoms with E-state index in [4.69, 9.17) is 33.7 Å². The van der Waals surface area contributed by atoms with E-state index in [1.165, 1.54) is 24.8 Å². The van der Waals surface area contributed by atoms with Crippen molar-refractivity contribution in [3.8, 4) is 0 Å². The normalized spacial score (nSPS) is 17.4. The van der Waals surface area contributed by atoms with Gasteiger partial charge in [-0.1, -0.05) is 13.8 Å². The number of amides is 5. The van der Waals surface area contributed by atoms with E-state index >= 15 is 4.79 Å². The molecule has 0 unspecified atom stereocenters. The van der Waals surface area contributed by atoms with Gasteiger partial charge in [0.1, 0.15) is 30.9 Å². The fraction of sp³-hybridized carbons (Fsp3) is 0.526. The Morgan fingerprint density at radius 1 is 0.848 bits per heavy atom. The number of esters is 2. The topological polar surface area (TPSA) is 286 Å². The van der Waals surface area contributed by atoms with Crippen LogP contribution in [0.3, 0.4) is 0 Å². The number of ether oxygens (including phenoxy) is 5. The molecule has 426 valence electrons. The smallest absolute Gasteiger partial charge is 0.408 e. The summed E-state index contributed by atoms with van der Waals surface area (Å²) in [5.74, 6) is -3.94. The third kappa shape index (κ3) is 14.3. The number of aromatic nitrogens is 4. The molecule has 4 atom stereocenters. The molecule has 5 amide bonds.